The summed E-state index contributed by atoms with van der Waals surface area (Å²) in [5, 5.41) is 3.99. The average Bonchev–Trinajstić information content (AvgIpc) is 2.85. The van der Waals surface area contributed by atoms with E-state index in [-0.39, 0.29) is 0 Å². The van der Waals surface area contributed by atoms with Crippen molar-refractivity contribution in [1.29, 1.82) is 0 Å². The molecule has 1 saturated carbocycles. The number of ketones is 1. The quantitative estimate of drug-likeness (QED) is 0.751. The third-order valence-corrected chi connectivity index (χ3v) is 3.21. The van der Waals surface area contributed by atoms with Crippen molar-refractivity contribution in [3.63, 3.8) is 0 Å². The number of rotatable bonds is 4. The molecule has 1 fully saturated rings. The molecule has 0 aromatic carbocycles. The number of hydrogen-bond acceptors (Lipinski definition) is 3. The number of nitrogens with zero attached hydrogens (tertiary/aromatic N) is 3. The average molecular weight is 207 g/mol. The topological polar surface area (TPSA) is 47.8 Å². The van der Waals surface area contributed by atoms with Gasteiger partial charge in [-0.1, -0.05) is 12.8 Å². The van der Waals surface area contributed by atoms with E-state index >= 15 is 0 Å². The van der Waals surface area contributed by atoms with Crippen LogP contribution in [0.3, 0.4) is 0 Å². The van der Waals surface area contributed by atoms with Gasteiger partial charge in [-0.15, -0.1) is 0 Å². The predicted molar refractivity (Wildman–Crippen MR) is 56.3 cm³/mol. The lowest BCUT2D eigenvalue weighted by Gasteiger charge is -2.06. The molecule has 4 nitrogen and oxygen atoms in total. The predicted octanol–water partition coefficient (Wildman–Crippen LogP) is 1.51. The van der Waals surface area contributed by atoms with Crippen LogP contribution in [0, 0.1) is 5.92 Å². The van der Waals surface area contributed by atoms with E-state index in [2.05, 4.69) is 10.1 Å². The highest BCUT2D eigenvalue weighted by Gasteiger charge is 2.22. The van der Waals surface area contributed by atoms with Crippen molar-refractivity contribution < 1.29 is 4.79 Å². The Morgan fingerprint density at radius 3 is 2.87 bits per heavy atom. The van der Waals surface area contributed by atoms with Gasteiger partial charge in [0.05, 0.1) is 0 Å². The third kappa shape index (κ3) is 2.43. The van der Waals surface area contributed by atoms with Crippen LogP contribution in [0.4, 0.5) is 0 Å². The second kappa shape index (κ2) is 4.55. The standard InChI is InChI=1S/C11H17N3O/c1-14-11(12-8-13-14)7-6-10(15)9-4-2-3-5-9/h8-9H,2-7H2,1H3. The fraction of sp³-hybridized carbons (Fsp3) is 0.727. The highest BCUT2D eigenvalue weighted by molar-refractivity contribution is 5.81. The zero-order valence-corrected chi connectivity index (χ0v) is 9.15. The molecular weight excluding hydrogens is 190 g/mol. The molecular formula is C11H17N3O. The van der Waals surface area contributed by atoms with Crippen molar-refractivity contribution in [2.75, 3.05) is 0 Å². The van der Waals surface area contributed by atoms with E-state index in [1.165, 1.54) is 19.2 Å². The van der Waals surface area contributed by atoms with E-state index in [0.29, 0.717) is 18.1 Å². The van der Waals surface area contributed by atoms with E-state index < -0.39 is 0 Å². The normalized spacial score (nSPS) is 17.1. The maximum atomic E-state index is 11.8. The summed E-state index contributed by atoms with van der Waals surface area (Å²) in [6.07, 6.45) is 7.52. The van der Waals surface area contributed by atoms with Crippen LogP contribution in [0.2, 0.25) is 0 Å². The molecule has 1 aliphatic carbocycles. The van der Waals surface area contributed by atoms with Gasteiger partial charge in [0.15, 0.2) is 0 Å². The molecule has 82 valence electrons. The summed E-state index contributed by atoms with van der Waals surface area (Å²) >= 11 is 0. The Morgan fingerprint density at radius 2 is 2.27 bits per heavy atom. The van der Waals surface area contributed by atoms with Gasteiger partial charge in [-0.25, -0.2) is 4.98 Å². The number of carbonyl (C=O) groups is 1. The second-order valence-corrected chi connectivity index (χ2v) is 4.25. The van der Waals surface area contributed by atoms with Crippen LogP contribution in [0.5, 0.6) is 0 Å². The minimum absolute atomic E-state index is 0.332. The van der Waals surface area contributed by atoms with Crippen molar-refractivity contribution >= 4 is 5.78 Å². The molecule has 0 bridgehead atoms. The largest absolute Gasteiger partial charge is 0.299 e. The number of carbonyl (C=O) groups excluding carboxylic acids is 1. The molecule has 0 spiro atoms. The van der Waals surface area contributed by atoms with Gasteiger partial charge in [-0.3, -0.25) is 9.48 Å². The first-order valence-electron chi connectivity index (χ1n) is 5.63. The van der Waals surface area contributed by atoms with Crippen molar-refractivity contribution in [2.45, 2.75) is 38.5 Å². The first-order valence-corrected chi connectivity index (χ1v) is 5.63. The molecule has 0 unspecified atom stereocenters. The van der Waals surface area contributed by atoms with Crippen molar-refractivity contribution in [2.24, 2.45) is 13.0 Å². The first kappa shape index (κ1) is 10.3. The number of hydrogen-bond donors (Lipinski definition) is 0. The Morgan fingerprint density at radius 1 is 1.53 bits per heavy atom. The van der Waals surface area contributed by atoms with E-state index in [0.717, 1.165) is 25.1 Å². The third-order valence-electron chi connectivity index (χ3n) is 3.21. The van der Waals surface area contributed by atoms with Gasteiger partial charge < -0.3 is 0 Å². The van der Waals surface area contributed by atoms with Gasteiger partial charge in [-0.2, -0.15) is 5.10 Å². The van der Waals surface area contributed by atoms with Crippen molar-refractivity contribution in [1.82, 2.24) is 14.8 Å². The molecule has 1 aromatic heterocycles. The molecule has 0 saturated heterocycles. The summed E-state index contributed by atoms with van der Waals surface area (Å²) in [5.41, 5.74) is 0. The molecule has 1 aliphatic rings. The van der Waals surface area contributed by atoms with Crippen molar-refractivity contribution in [3.05, 3.63) is 12.2 Å². The Hall–Kier alpha value is -1.19. The number of aromatic nitrogens is 3. The van der Waals surface area contributed by atoms with Crippen LogP contribution < -0.4 is 0 Å². The molecule has 0 amide bonds. The molecule has 1 aromatic rings. The number of Topliss-reactive ketones (excluding diaryl/α,β-unsaturated/α-hetero) is 1. The molecule has 2 rings (SSSR count). The van der Waals surface area contributed by atoms with Crippen LogP contribution in [0.15, 0.2) is 6.33 Å². The summed E-state index contributed by atoms with van der Waals surface area (Å²) in [6.45, 7) is 0. The zero-order valence-electron chi connectivity index (χ0n) is 9.15. The lowest BCUT2D eigenvalue weighted by molar-refractivity contribution is -0.122. The number of aryl methyl sites for hydroxylation is 2. The smallest absolute Gasteiger partial charge is 0.138 e. The van der Waals surface area contributed by atoms with Crippen LogP contribution in [0.25, 0.3) is 0 Å². The molecule has 0 atom stereocenters. The summed E-state index contributed by atoms with van der Waals surface area (Å²) in [5.74, 6) is 1.65. The molecule has 0 N–H and O–H groups in total. The fourth-order valence-electron chi connectivity index (χ4n) is 2.23. The second-order valence-electron chi connectivity index (χ2n) is 4.25. The van der Waals surface area contributed by atoms with E-state index in [1.54, 1.807) is 4.68 Å². The van der Waals surface area contributed by atoms with Crippen molar-refractivity contribution in [3.8, 4) is 0 Å². The summed E-state index contributed by atoms with van der Waals surface area (Å²) in [4.78, 5) is 15.9. The van der Waals surface area contributed by atoms with E-state index in [9.17, 15) is 4.79 Å². The molecule has 0 aliphatic heterocycles. The minimum atomic E-state index is 0.332. The molecule has 0 radical (unpaired) electrons. The molecule has 1 heterocycles. The lowest BCUT2D eigenvalue weighted by atomic mass is 9.99. The van der Waals surface area contributed by atoms with Gasteiger partial charge in [0, 0.05) is 25.8 Å². The Labute approximate surface area is 89.7 Å². The monoisotopic (exact) mass is 207 g/mol. The maximum absolute atomic E-state index is 11.8. The minimum Gasteiger partial charge on any atom is -0.299 e. The van der Waals surface area contributed by atoms with Gasteiger partial charge >= 0.3 is 0 Å². The lowest BCUT2D eigenvalue weighted by Crippen LogP contribution is -2.12. The highest BCUT2D eigenvalue weighted by atomic mass is 16.1. The molecule has 15 heavy (non-hydrogen) atoms. The van der Waals surface area contributed by atoms with Crippen LogP contribution in [-0.2, 0) is 18.3 Å². The van der Waals surface area contributed by atoms with Crippen LogP contribution in [-0.4, -0.2) is 20.5 Å². The van der Waals surface area contributed by atoms with Gasteiger partial charge in [0.1, 0.15) is 17.9 Å². The summed E-state index contributed by atoms with van der Waals surface area (Å²) < 4.78 is 1.74. The Kier molecular flexibility index (Phi) is 3.14. The van der Waals surface area contributed by atoms with Crippen LogP contribution in [0.1, 0.15) is 37.9 Å². The van der Waals surface area contributed by atoms with E-state index in [4.69, 9.17) is 0 Å². The molecule has 4 heteroatoms. The Balaban J connectivity index is 1.83. The zero-order chi connectivity index (χ0) is 10.7. The SMILES string of the molecule is Cn1ncnc1CCC(=O)C1CCCC1. The van der Waals surface area contributed by atoms with E-state index in [1.807, 2.05) is 7.05 Å². The van der Waals surface area contributed by atoms with Gasteiger partial charge in [-0.05, 0) is 12.8 Å². The van der Waals surface area contributed by atoms with Crippen LogP contribution >= 0.6 is 0 Å². The van der Waals surface area contributed by atoms with Gasteiger partial charge in [0.25, 0.3) is 0 Å². The summed E-state index contributed by atoms with van der Waals surface area (Å²) in [7, 11) is 1.86. The Bertz CT molecular complexity index is 339. The fourth-order valence-corrected chi connectivity index (χ4v) is 2.23. The van der Waals surface area contributed by atoms with Gasteiger partial charge in [0.2, 0.25) is 0 Å². The highest BCUT2D eigenvalue weighted by Crippen LogP contribution is 2.26. The maximum Gasteiger partial charge on any atom is 0.138 e. The summed E-state index contributed by atoms with van der Waals surface area (Å²) in [6, 6.07) is 0. The first-order chi connectivity index (χ1) is 7.27.